The molecule has 0 fully saturated rings. The molecular formula is C20H16ClN3O2. The summed E-state index contributed by atoms with van der Waals surface area (Å²) in [5.74, 6) is 0.411. The van der Waals surface area contributed by atoms with Crippen molar-refractivity contribution in [2.75, 3.05) is 0 Å². The van der Waals surface area contributed by atoms with Crippen molar-refractivity contribution in [1.29, 1.82) is 0 Å². The third-order valence-electron chi connectivity index (χ3n) is 3.56. The van der Waals surface area contributed by atoms with E-state index in [1.165, 1.54) is 0 Å². The van der Waals surface area contributed by atoms with Gasteiger partial charge in [-0.25, -0.2) is 10.4 Å². The van der Waals surface area contributed by atoms with Crippen LogP contribution in [-0.4, -0.2) is 16.6 Å². The Kier molecular flexibility index (Phi) is 5.61. The Balaban J connectivity index is 1.76. The summed E-state index contributed by atoms with van der Waals surface area (Å²) in [4.78, 5) is 16.6. The maximum atomic E-state index is 12.5. The number of pyridine rings is 1. The number of hydrazone groups is 1. The lowest BCUT2D eigenvalue weighted by atomic mass is 10.1. The maximum absolute atomic E-state index is 12.5. The molecule has 0 bridgehead atoms. The zero-order valence-corrected chi connectivity index (χ0v) is 14.8. The van der Waals surface area contributed by atoms with Gasteiger partial charge in [-0.3, -0.25) is 4.79 Å². The number of carbonyl (C=O) groups is 1. The molecule has 0 aliphatic carbocycles. The number of para-hydroxylation sites is 1. The van der Waals surface area contributed by atoms with Crippen LogP contribution in [-0.2, 0) is 0 Å². The van der Waals surface area contributed by atoms with Crippen molar-refractivity contribution in [2.45, 2.75) is 6.92 Å². The van der Waals surface area contributed by atoms with E-state index in [1.807, 2.05) is 30.3 Å². The van der Waals surface area contributed by atoms with Crippen LogP contribution in [0.5, 0.6) is 11.6 Å². The molecule has 0 saturated heterocycles. The minimum Gasteiger partial charge on any atom is -0.438 e. The fourth-order valence-electron chi connectivity index (χ4n) is 2.20. The number of ether oxygens (including phenoxy) is 1. The monoisotopic (exact) mass is 365 g/mol. The molecule has 5 nitrogen and oxygen atoms in total. The number of halogens is 1. The normalized spacial score (nSPS) is 11.1. The molecule has 0 aliphatic heterocycles. The van der Waals surface area contributed by atoms with Gasteiger partial charge in [0.15, 0.2) is 0 Å². The van der Waals surface area contributed by atoms with Crippen molar-refractivity contribution in [3.8, 4) is 11.6 Å². The number of aromatic nitrogens is 1. The molecule has 3 aromatic rings. The van der Waals surface area contributed by atoms with Crippen LogP contribution in [0, 0.1) is 0 Å². The number of carbonyl (C=O) groups excluding carboxylic acids is 1. The minimum atomic E-state index is -0.405. The summed E-state index contributed by atoms with van der Waals surface area (Å²) in [6, 6.07) is 19.7. The summed E-state index contributed by atoms with van der Waals surface area (Å²) < 4.78 is 5.70. The second-order valence-electron chi connectivity index (χ2n) is 5.42. The van der Waals surface area contributed by atoms with Crippen LogP contribution >= 0.6 is 11.6 Å². The molecule has 3 rings (SSSR count). The van der Waals surface area contributed by atoms with Gasteiger partial charge in [0.2, 0.25) is 5.88 Å². The van der Waals surface area contributed by atoms with Gasteiger partial charge in [-0.15, -0.1) is 0 Å². The van der Waals surface area contributed by atoms with Crippen molar-refractivity contribution < 1.29 is 9.53 Å². The van der Waals surface area contributed by atoms with E-state index in [0.29, 0.717) is 22.0 Å². The molecule has 0 saturated carbocycles. The highest BCUT2D eigenvalue weighted by Crippen LogP contribution is 2.22. The standard InChI is InChI=1S/C20H16ClN3O2/c1-14(15-9-11-16(21)12-10-15)23-24-19(25)18-8-5-13-22-20(18)26-17-6-3-2-4-7-17/h2-13H,1H3,(H,24,25)/b23-14+. The first-order valence-corrected chi connectivity index (χ1v) is 8.30. The lowest BCUT2D eigenvalue weighted by Crippen LogP contribution is -2.20. The number of nitrogens with one attached hydrogen (secondary N) is 1. The summed E-state index contributed by atoms with van der Waals surface area (Å²) >= 11 is 5.88. The lowest BCUT2D eigenvalue weighted by molar-refractivity contribution is 0.0952. The maximum Gasteiger partial charge on any atom is 0.276 e. The molecule has 0 unspecified atom stereocenters. The van der Waals surface area contributed by atoms with E-state index >= 15 is 0 Å². The van der Waals surface area contributed by atoms with Crippen molar-refractivity contribution in [1.82, 2.24) is 10.4 Å². The smallest absolute Gasteiger partial charge is 0.276 e. The Hall–Kier alpha value is -3.18. The van der Waals surface area contributed by atoms with Crippen molar-refractivity contribution in [3.63, 3.8) is 0 Å². The Morgan fingerprint density at radius 1 is 1.04 bits per heavy atom. The van der Waals surface area contributed by atoms with Gasteiger partial charge in [0.25, 0.3) is 5.91 Å². The van der Waals surface area contributed by atoms with E-state index in [-0.39, 0.29) is 5.88 Å². The van der Waals surface area contributed by atoms with Gasteiger partial charge >= 0.3 is 0 Å². The first-order chi connectivity index (χ1) is 12.6. The zero-order valence-electron chi connectivity index (χ0n) is 14.0. The molecule has 1 N–H and O–H groups in total. The lowest BCUT2D eigenvalue weighted by Gasteiger charge is -2.09. The Bertz CT molecular complexity index is 925. The van der Waals surface area contributed by atoms with E-state index in [4.69, 9.17) is 16.3 Å². The molecule has 0 aliphatic rings. The topological polar surface area (TPSA) is 63.6 Å². The quantitative estimate of drug-likeness (QED) is 0.527. The summed E-state index contributed by atoms with van der Waals surface area (Å²) in [5.41, 5.74) is 4.35. The van der Waals surface area contributed by atoms with Crippen LogP contribution in [0.3, 0.4) is 0 Å². The van der Waals surface area contributed by atoms with Gasteiger partial charge < -0.3 is 4.74 Å². The third-order valence-corrected chi connectivity index (χ3v) is 3.81. The van der Waals surface area contributed by atoms with Gasteiger partial charge in [-0.05, 0) is 48.9 Å². The molecule has 2 aromatic carbocycles. The fraction of sp³-hybridized carbons (Fsp3) is 0.0500. The number of nitrogens with zero attached hydrogens (tertiary/aromatic N) is 2. The Morgan fingerprint density at radius 3 is 2.50 bits per heavy atom. The predicted octanol–water partition coefficient (Wildman–Crippen LogP) is 4.68. The first kappa shape index (κ1) is 17.6. The molecule has 1 amide bonds. The Morgan fingerprint density at radius 2 is 1.77 bits per heavy atom. The molecule has 1 heterocycles. The van der Waals surface area contributed by atoms with Crippen molar-refractivity contribution in [3.05, 3.63) is 89.1 Å². The fourth-order valence-corrected chi connectivity index (χ4v) is 2.32. The predicted molar refractivity (Wildman–Crippen MR) is 102 cm³/mol. The number of hydrogen-bond donors (Lipinski definition) is 1. The highest BCUT2D eigenvalue weighted by molar-refractivity contribution is 6.30. The summed E-state index contributed by atoms with van der Waals surface area (Å²) in [5, 5.41) is 4.78. The molecule has 1 aromatic heterocycles. The largest absolute Gasteiger partial charge is 0.438 e. The van der Waals surface area contributed by atoms with Crippen LogP contribution in [0.1, 0.15) is 22.8 Å². The van der Waals surface area contributed by atoms with Gasteiger partial charge in [0.05, 0.1) is 5.71 Å². The van der Waals surface area contributed by atoms with Crippen LogP contribution < -0.4 is 10.2 Å². The highest BCUT2D eigenvalue weighted by Gasteiger charge is 2.14. The minimum absolute atomic E-state index is 0.218. The molecule has 0 radical (unpaired) electrons. The van der Waals surface area contributed by atoms with Gasteiger partial charge in [0.1, 0.15) is 11.3 Å². The zero-order chi connectivity index (χ0) is 18.4. The van der Waals surface area contributed by atoms with E-state index in [2.05, 4.69) is 15.5 Å². The average molecular weight is 366 g/mol. The second kappa shape index (κ2) is 8.27. The average Bonchev–Trinajstić information content (AvgIpc) is 2.67. The van der Waals surface area contributed by atoms with E-state index in [9.17, 15) is 4.79 Å². The summed E-state index contributed by atoms with van der Waals surface area (Å²) in [6.07, 6.45) is 1.57. The molecule has 0 spiro atoms. The first-order valence-electron chi connectivity index (χ1n) is 7.92. The molecule has 6 heteroatoms. The van der Waals surface area contributed by atoms with Crippen LogP contribution in [0.15, 0.2) is 78.0 Å². The highest BCUT2D eigenvalue weighted by atomic mass is 35.5. The van der Waals surface area contributed by atoms with Gasteiger partial charge in [0, 0.05) is 11.2 Å². The summed E-state index contributed by atoms with van der Waals surface area (Å²) in [7, 11) is 0. The second-order valence-corrected chi connectivity index (χ2v) is 5.85. The third kappa shape index (κ3) is 4.46. The van der Waals surface area contributed by atoms with E-state index < -0.39 is 5.91 Å². The van der Waals surface area contributed by atoms with E-state index in [0.717, 1.165) is 5.56 Å². The molecule has 130 valence electrons. The van der Waals surface area contributed by atoms with Gasteiger partial charge in [-0.2, -0.15) is 5.10 Å². The number of amides is 1. The number of hydrogen-bond acceptors (Lipinski definition) is 4. The SMILES string of the molecule is C/C(=N\NC(=O)c1cccnc1Oc1ccccc1)c1ccc(Cl)cc1. The van der Waals surface area contributed by atoms with Crippen LogP contribution in [0.4, 0.5) is 0 Å². The molecular weight excluding hydrogens is 350 g/mol. The van der Waals surface area contributed by atoms with Crippen LogP contribution in [0.25, 0.3) is 0 Å². The van der Waals surface area contributed by atoms with E-state index in [1.54, 1.807) is 49.5 Å². The van der Waals surface area contributed by atoms with Crippen LogP contribution in [0.2, 0.25) is 5.02 Å². The Labute approximate surface area is 156 Å². The van der Waals surface area contributed by atoms with Crippen molar-refractivity contribution in [2.24, 2.45) is 5.10 Å². The summed E-state index contributed by atoms with van der Waals surface area (Å²) in [6.45, 7) is 1.80. The molecule has 26 heavy (non-hydrogen) atoms. The molecule has 0 atom stereocenters. The number of benzene rings is 2. The number of rotatable bonds is 5. The van der Waals surface area contributed by atoms with Crippen molar-refractivity contribution >= 4 is 23.2 Å². The van der Waals surface area contributed by atoms with Gasteiger partial charge in [-0.1, -0.05) is 41.9 Å².